The second-order valence-corrected chi connectivity index (χ2v) is 8.48. The quantitative estimate of drug-likeness (QED) is 0.370. The Bertz CT molecular complexity index is 1200. The molecule has 0 aliphatic carbocycles. The number of halogens is 2. The van der Waals surface area contributed by atoms with E-state index in [2.05, 4.69) is 20.8 Å². The molecule has 3 aromatic rings. The maximum absolute atomic E-state index is 12.4. The fraction of sp³-hybridized carbons (Fsp3) is 0.190. The number of benzene rings is 2. The molecule has 0 bridgehead atoms. The van der Waals surface area contributed by atoms with Crippen LogP contribution in [0.3, 0.4) is 0 Å². The Morgan fingerprint density at radius 2 is 1.73 bits per heavy atom. The molecule has 0 spiro atoms. The van der Waals surface area contributed by atoms with E-state index in [1.165, 1.54) is 12.1 Å². The normalized spacial score (nSPS) is 10.6. The average Bonchev–Trinajstić information content (AvgIpc) is 3.16. The van der Waals surface area contributed by atoms with Gasteiger partial charge in [-0.15, -0.1) is 10.2 Å². The minimum Gasteiger partial charge on any atom is -0.478 e. The molecule has 172 valence electrons. The van der Waals surface area contributed by atoms with Crippen molar-refractivity contribution in [2.75, 3.05) is 16.4 Å². The van der Waals surface area contributed by atoms with Crippen LogP contribution in [0.25, 0.3) is 0 Å². The monoisotopic (exact) mass is 507 g/mol. The van der Waals surface area contributed by atoms with Crippen LogP contribution in [-0.4, -0.2) is 43.4 Å². The molecule has 33 heavy (non-hydrogen) atoms. The van der Waals surface area contributed by atoms with Gasteiger partial charge in [-0.05, 0) is 43.3 Å². The minimum absolute atomic E-state index is 0.0180. The molecule has 2 aromatic carbocycles. The second kappa shape index (κ2) is 11.2. The highest BCUT2D eigenvalue weighted by molar-refractivity contribution is 7.99. The van der Waals surface area contributed by atoms with Crippen LogP contribution in [0.2, 0.25) is 10.0 Å². The largest absolute Gasteiger partial charge is 0.478 e. The first kappa shape index (κ1) is 24.6. The van der Waals surface area contributed by atoms with Gasteiger partial charge in [-0.1, -0.05) is 41.0 Å². The Kier molecular flexibility index (Phi) is 8.32. The van der Waals surface area contributed by atoms with Crippen LogP contribution in [0.4, 0.5) is 11.4 Å². The summed E-state index contributed by atoms with van der Waals surface area (Å²) in [4.78, 5) is 35.8. The molecular formula is C21H19Cl2N5O4S. The fourth-order valence-electron chi connectivity index (χ4n) is 2.85. The zero-order valence-electron chi connectivity index (χ0n) is 17.3. The molecule has 0 aliphatic heterocycles. The SMILES string of the molecule is CCn1c(CC(=O)Nc2ccc(Cl)c(Cl)c2)nnc1SCC(=O)Nc1cccc(C(=O)O)c1. The van der Waals surface area contributed by atoms with Gasteiger partial charge in [-0.25, -0.2) is 4.79 Å². The van der Waals surface area contributed by atoms with E-state index in [0.29, 0.717) is 38.9 Å². The van der Waals surface area contributed by atoms with Crippen molar-refractivity contribution in [3.8, 4) is 0 Å². The van der Waals surface area contributed by atoms with Gasteiger partial charge in [0.15, 0.2) is 5.16 Å². The van der Waals surface area contributed by atoms with E-state index in [1.807, 2.05) is 6.92 Å². The van der Waals surface area contributed by atoms with Gasteiger partial charge in [0.25, 0.3) is 0 Å². The summed E-state index contributed by atoms with van der Waals surface area (Å²) in [6, 6.07) is 10.8. The first-order valence-electron chi connectivity index (χ1n) is 9.69. The van der Waals surface area contributed by atoms with Crippen LogP contribution < -0.4 is 10.6 Å². The topological polar surface area (TPSA) is 126 Å². The molecule has 0 radical (unpaired) electrons. The summed E-state index contributed by atoms with van der Waals surface area (Å²) in [5.74, 6) is -1.22. The second-order valence-electron chi connectivity index (χ2n) is 6.72. The lowest BCUT2D eigenvalue weighted by Crippen LogP contribution is -2.18. The lowest BCUT2D eigenvalue weighted by Gasteiger charge is -2.09. The number of aromatic carboxylic acids is 1. The lowest BCUT2D eigenvalue weighted by molar-refractivity contribution is -0.116. The average molecular weight is 508 g/mol. The molecule has 12 heteroatoms. The van der Waals surface area contributed by atoms with Crippen molar-refractivity contribution in [2.45, 2.75) is 25.0 Å². The van der Waals surface area contributed by atoms with Gasteiger partial charge in [0.1, 0.15) is 5.82 Å². The number of nitrogens with zero attached hydrogens (tertiary/aromatic N) is 3. The molecule has 0 unspecified atom stereocenters. The van der Waals surface area contributed by atoms with Crippen molar-refractivity contribution < 1.29 is 19.5 Å². The van der Waals surface area contributed by atoms with Gasteiger partial charge in [0.05, 0.1) is 27.8 Å². The van der Waals surface area contributed by atoms with E-state index < -0.39 is 5.97 Å². The van der Waals surface area contributed by atoms with Gasteiger partial charge in [-0.2, -0.15) is 0 Å². The Morgan fingerprint density at radius 1 is 1.00 bits per heavy atom. The van der Waals surface area contributed by atoms with Crippen LogP contribution in [0.15, 0.2) is 47.6 Å². The molecule has 0 atom stereocenters. The van der Waals surface area contributed by atoms with Gasteiger partial charge >= 0.3 is 5.97 Å². The van der Waals surface area contributed by atoms with Crippen molar-refractivity contribution in [3.63, 3.8) is 0 Å². The number of rotatable bonds is 9. The highest BCUT2D eigenvalue weighted by Crippen LogP contribution is 2.25. The summed E-state index contributed by atoms with van der Waals surface area (Å²) in [7, 11) is 0. The maximum Gasteiger partial charge on any atom is 0.335 e. The third-order valence-corrected chi connectivity index (χ3v) is 6.06. The predicted molar refractivity (Wildman–Crippen MR) is 127 cm³/mol. The molecule has 0 saturated heterocycles. The van der Waals surface area contributed by atoms with E-state index in [4.69, 9.17) is 28.3 Å². The summed E-state index contributed by atoms with van der Waals surface area (Å²) < 4.78 is 1.75. The number of amides is 2. The lowest BCUT2D eigenvalue weighted by atomic mass is 10.2. The van der Waals surface area contributed by atoms with E-state index in [-0.39, 0.29) is 29.6 Å². The van der Waals surface area contributed by atoms with E-state index in [1.54, 1.807) is 34.9 Å². The zero-order valence-corrected chi connectivity index (χ0v) is 19.7. The summed E-state index contributed by atoms with van der Waals surface area (Å²) in [5, 5.41) is 23.8. The number of hydrogen-bond donors (Lipinski definition) is 3. The highest BCUT2D eigenvalue weighted by Gasteiger charge is 2.16. The number of carbonyl (C=O) groups is 3. The predicted octanol–water partition coefficient (Wildman–Crippen LogP) is 4.22. The minimum atomic E-state index is -1.08. The van der Waals surface area contributed by atoms with Gasteiger partial charge in [0.2, 0.25) is 11.8 Å². The number of thioether (sulfide) groups is 1. The van der Waals surface area contributed by atoms with Crippen molar-refractivity contribution in [3.05, 3.63) is 63.9 Å². The van der Waals surface area contributed by atoms with E-state index in [0.717, 1.165) is 11.8 Å². The van der Waals surface area contributed by atoms with Crippen molar-refractivity contribution >= 4 is 64.1 Å². The molecule has 2 amide bonds. The molecule has 0 aliphatic rings. The Hall–Kier alpha value is -3.08. The van der Waals surface area contributed by atoms with Gasteiger partial charge in [-0.3, -0.25) is 9.59 Å². The van der Waals surface area contributed by atoms with Crippen LogP contribution in [0.1, 0.15) is 23.1 Å². The number of aromatic nitrogens is 3. The molecule has 0 saturated carbocycles. The van der Waals surface area contributed by atoms with E-state index in [9.17, 15) is 14.4 Å². The van der Waals surface area contributed by atoms with Gasteiger partial charge in [0, 0.05) is 17.9 Å². The molecule has 3 rings (SSSR count). The highest BCUT2D eigenvalue weighted by atomic mass is 35.5. The van der Waals surface area contributed by atoms with Crippen LogP contribution in [0, 0.1) is 0 Å². The Labute approximate surface area is 203 Å². The Balaban J connectivity index is 1.59. The maximum atomic E-state index is 12.4. The van der Waals surface area contributed by atoms with Crippen molar-refractivity contribution in [1.29, 1.82) is 0 Å². The number of anilines is 2. The standard InChI is InChI=1S/C21H19Cl2N5O4S/c1-2-28-17(10-18(29)24-14-6-7-15(22)16(23)9-14)26-27-21(28)33-11-19(30)25-13-5-3-4-12(8-13)20(31)32/h3-9H,2,10-11H2,1H3,(H,24,29)(H,25,30)(H,31,32). The molecule has 9 nitrogen and oxygen atoms in total. The smallest absolute Gasteiger partial charge is 0.335 e. The third-order valence-electron chi connectivity index (χ3n) is 4.36. The zero-order chi connectivity index (χ0) is 24.0. The molecule has 3 N–H and O–H groups in total. The molecule has 1 heterocycles. The van der Waals surface area contributed by atoms with Crippen LogP contribution >= 0.6 is 35.0 Å². The first-order chi connectivity index (χ1) is 15.8. The number of hydrogen-bond acceptors (Lipinski definition) is 6. The first-order valence-corrected chi connectivity index (χ1v) is 11.4. The summed E-state index contributed by atoms with van der Waals surface area (Å²) in [6.45, 7) is 2.39. The summed E-state index contributed by atoms with van der Waals surface area (Å²) in [6.07, 6.45) is -0.0180. The fourth-order valence-corrected chi connectivity index (χ4v) is 3.97. The van der Waals surface area contributed by atoms with Crippen LogP contribution in [-0.2, 0) is 22.6 Å². The molecule has 0 fully saturated rings. The molecular weight excluding hydrogens is 489 g/mol. The Morgan fingerprint density at radius 3 is 2.42 bits per heavy atom. The van der Waals surface area contributed by atoms with Crippen molar-refractivity contribution in [2.24, 2.45) is 0 Å². The summed E-state index contributed by atoms with van der Waals surface area (Å²) >= 11 is 13.0. The third kappa shape index (κ3) is 6.70. The van der Waals surface area contributed by atoms with Crippen molar-refractivity contribution in [1.82, 2.24) is 14.8 Å². The van der Waals surface area contributed by atoms with Crippen LogP contribution in [0.5, 0.6) is 0 Å². The number of nitrogens with one attached hydrogen (secondary N) is 2. The summed E-state index contributed by atoms with van der Waals surface area (Å²) in [5.41, 5.74) is 0.974. The molecule has 1 aromatic heterocycles. The van der Waals surface area contributed by atoms with Gasteiger partial charge < -0.3 is 20.3 Å². The van der Waals surface area contributed by atoms with E-state index >= 15 is 0 Å². The number of carboxylic acid groups (broad SMARTS) is 1. The number of carboxylic acids is 1. The number of carbonyl (C=O) groups excluding carboxylic acids is 2.